The Hall–Kier alpha value is -1.31. The Morgan fingerprint density at radius 3 is 1.89 bits per heavy atom. The molecule has 160 valence electrons. The molecule has 2 heteroatoms. The number of carboxylic acids is 1. The van der Waals surface area contributed by atoms with Gasteiger partial charge >= 0.3 is 5.97 Å². The highest BCUT2D eigenvalue weighted by molar-refractivity contribution is 5.66. The molecule has 0 aliphatic heterocycles. The Labute approximate surface area is 174 Å². The second-order valence-electron chi connectivity index (χ2n) is 8.60. The van der Waals surface area contributed by atoms with Gasteiger partial charge in [0.25, 0.3) is 0 Å². The number of hydrogen-bond acceptors (Lipinski definition) is 1. The van der Waals surface area contributed by atoms with Crippen molar-refractivity contribution in [2.24, 2.45) is 0 Å². The van der Waals surface area contributed by atoms with Crippen LogP contribution in [0.3, 0.4) is 0 Å². The maximum atomic E-state index is 10.5. The van der Waals surface area contributed by atoms with E-state index in [-0.39, 0.29) is 0 Å². The quantitative estimate of drug-likeness (QED) is 0.272. The number of benzene rings is 1. The van der Waals surface area contributed by atoms with Gasteiger partial charge in [0, 0.05) is 6.42 Å². The van der Waals surface area contributed by atoms with Crippen LogP contribution in [0.5, 0.6) is 0 Å². The summed E-state index contributed by atoms with van der Waals surface area (Å²) in [6, 6.07) is 6.81. The summed E-state index contributed by atoms with van der Waals surface area (Å²) in [6.07, 6.45) is 18.2. The Balaban J connectivity index is 2.06. The fraction of sp³-hybridized carbons (Fsp3) is 0.731. The zero-order chi connectivity index (χ0) is 20.6. The van der Waals surface area contributed by atoms with E-state index in [1.807, 2.05) is 0 Å². The largest absolute Gasteiger partial charge is 0.481 e. The van der Waals surface area contributed by atoms with Gasteiger partial charge in [-0.05, 0) is 55.7 Å². The van der Waals surface area contributed by atoms with Gasteiger partial charge in [-0.3, -0.25) is 4.79 Å². The Morgan fingerprint density at radius 1 is 0.821 bits per heavy atom. The summed E-state index contributed by atoms with van der Waals surface area (Å²) in [5, 5.41) is 8.61. The second-order valence-corrected chi connectivity index (χ2v) is 8.60. The lowest BCUT2D eigenvalue weighted by atomic mass is 9.85. The third-order valence-corrected chi connectivity index (χ3v) is 6.17. The van der Waals surface area contributed by atoms with Gasteiger partial charge in [0.15, 0.2) is 0 Å². The Morgan fingerprint density at radius 2 is 1.36 bits per heavy atom. The first-order valence-electron chi connectivity index (χ1n) is 11.8. The number of carbonyl (C=O) groups is 1. The molecule has 0 aliphatic carbocycles. The van der Waals surface area contributed by atoms with E-state index < -0.39 is 5.97 Å². The summed E-state index contributed by atoms with van der Waals surface area (Å²) in [4.78, 5) is 10.5. The minimum atomic E-state index is -0.657. The van der Waals surface area contributed by atoms with E-state index in [1.54, 1.807) is 5.56 Å². The van der Waals surface area contributed by atoms with Crippen molar-refractivity contribution in [3.8, 4) is 0 Å². The van der Waals surface area contributed by atoms with E-state index in [4.69, 9.17) is 5.11 Å². The van der Waals surface area contributed by atoms with Crippen LogP contribution in [-0.4, -0.2) is 11.1 Å². The smallest absolute Gasteiger partial charge is 0.303 e. The molecule has 1 N–H and O–H groups in total. The molecular formula is C26H44O2. The predicted octanol–water partition coefficient (Wildman–Crippen LogP) is 8.34. The van der Waals surface area contributed by atoms with Crippen LogP contribution >= 0.6 is 0 Å². The molecule has 0 saturated carbocycles. The van der Waals surface area contributed by atoms with Gasteiger partial charge in [-0.25, -0.2) is 0 Å². The molecule has 0 heterocycles. The first-order valence-corrected chi connectivity index (χ1v) is 11.8. The van der Waals surface area contributed by atoms with Crippen LogP contribution in [0.4, 0.5) is 0 Å². The van der Waals surface area contributed by atoms with Crippen molar-refractivity contribution in [3.63, 3.8) is 0 Å². The van der Waals surface area contributed by atoms with E-state index in [0.29, 0.717) is 6.42 Å². The molecule has 28 heavy (non-hydrogen) atoms. The molecule has 0 aliphatic rings. The number of unbranched alkanes of at least 4 members (excludes halogenated alkanes) is 10. The zero-order valence-electron chi connectivity index (χ0n) is 18.8. The van der Waals surface area contributed by atoms with Gasteiger partial charge in [-0.2, -0.15) is 0 Å². The van der Waals surface area contributed by atoms with Crippen LogP contribution in [-0.2, 0) is 4.79 Å². The average Bonchev–Trinajstić information content (AvgIpc) is 2.66. The van der Waals surface area contributed by atoms with Gasteiger partial charge in [0.05, 0.1) is 0 Å². The fourth-order valence-electron chi connectivity index (χ4n) is 4.28. The number of rotatable bonds is 17. The van der Waals surface area contributed by atoms with Gasteiger partial charge in [0.2, 0.25) is 0 Å². The van der Waals surface area contributed by atoms with Crippen LogP contribution in [0.25, 0.3) is 0 Å². The number of hydrogen-bond donors (Lipinski definition) is 1. The third kappa shape index (κ3) is 10.9. The first kappa shape index (κ1) is 24.7. The second kappa shape index (κ2) is 15.6. The van der Waals surface area contributed by atoms with Crippen molar-refractivity contribution >= 4 is 5.97 Å². The minimum absolute atomic E-state index is 0.336. The fourth-order valence-corrected chi connectivity index (χ4v) is 4.28. The van der Waals surface area contributed by atoms with E-state index in [0.717, 1.165) is 18.8 Å². The molecule has 0 bridgehead atoms. The third-order valence-electron chi connectivity index (χ3n) is 6.17. The summed E-state index contributed by atoms with van der Waals surface area (Å²) in [5.74, 6) is 0.0843. The van der Waals surface area contributed by atoms with Gasteiger partial charge in [-0.15, -0.1) is 0 Å². The van der Waals surface area contributed by atoms with Crippen molar-refractivity contribution in [3.05, 3.63) is 34.9 Å². The van der Waals surface area contributed by atoms with E-state index in [2.05, 4.69) is 39.0 Å². The van der Waals surface area contributed by atoms with Crippen molar-refractivity contribution in [2.45, 2.75) is 123 Å². The predicted molar refractivity (Wildman–Crippen MR) is 121 cm³/mol. The van der Waals surface area contributed by atoms with Gasteiger partial charge in [0.1, 0.15) is 0 Å². The molecule has 1 atom stereocenters. The SMILES string of the molecule is CCCC(CCCCCCCCCCCCCC(=O)O)c1cccc(C)c1C. The Kier molecular flexibility index (Phi) is 13.8. The van der Waals surface area contributed by atoms with E-state index in [1.165, 1.54) is 88.2 Å². The monoisotopic (exact) mass is 388 g/mol. The maximum Gasteiger partial charge on any atom is 0.303 e. The summed E-state index contributed by atoms with van der Waals surface area (Å²) < 4.78 is 0. The van der Waals surface area contributed by atoms with Crippen molar-refractivity contribution in [1.29, 1.82) is 0 Å². The molecule has 0 spiro atoms. The molecule has 0 fully saturated rings. The van der Waals surface area contributed by atoms with Crippen LogP contribution in [0.15, 0.2) is 18.2 Å². The maximum absolute atomic E-state index is 10.5. The molecule has 0 amide bonds. The lowest BCUT2D eigenvalue weighted by molar-refractivity contribution is -0.137. The first-order chi connectivity index (χ1) is 13.6. The highest BCUT2D eigenvalue weighted by Gasteiger charge is 2.13. The van der Waals surface area contributed by atoms with Crippen LogP contribution in [0, 0.1) is 13.8 Å². The highest BCUT2D eigenvalue weighted by Crippen LogP contribution is 2.31. The summed E-state index contributed by atoms with van der Waals surface area (Å²) >= 11 is 0. The highest BCUT2D eigenvalue weighted by atomic mass is 16.4. The molecule has 1 unspecified atom stereocenters. The topological polar surface area (TPSA) is 37.3 Å². The average molecular weight is 389 g/mol. The zero-order valence-corrected chi connectivity index (χ0v) is 18.8. The van der Waals surface area contributed by atoms with Gasteiger partial charge < -0.3 is 5.11 Å². The number of aliphatic carboxylic acids is 1. The molecule has 1 aromatic rings. The summed E-state index contributed by atoms with van der Waals surface area (Å²) in [6.45, 7) is 6.83. The molecule has 0 saturated heterocycles. The molecule has 1 rings (SSSR count). The Bertz CT molecular complexity index is 535. The lowest BCUT2D eigenvalue weighted by Gasteiger charge is -2.20. The summed E-state index contributed by atoms with van der Waals surface area (Å²) in [5.41, 5.74) is 4.52. The standard InChI is InChI=1S/C26H44O2/c1-4-17-24(25-20-16-18-22(2)23(25)3)19-14-12-10-8-6-5-7-9-11-13-15-21-26(27)28/h16,18,20,24H,4-15,17,19,21H2,1-3H3,(H,27,28). The van der Waals surface area contributed by atoms with E-state index >= 15 is 0 Å². The molecule has 2 nitrogen and oxygen atoms in total. The summed E-state index contributed by atoms with van der Waals surface area (Å²) in [7, 11) is 0. The van der Waals surface area contributed by atoms with Crippen LogP contribution in [0.2, 0.25) is 0 Å². The van der Waals surface area contributed by atoms with Crippen molar-refractivity contribution < 1.29 is 9.90 Å². The van der Waals surface area contributed by atoms with Crippen molar-refractivity contribution in [1.82, 2.24) is 0 Å². The normalized spacial score (nSPS) is 12.2. The number of carboxylic acid groups (broad SMARTS) is 1. The molecular weight excluding hydrogens is 344 g/mol. The van der Waals surface area contributed by atoms with Crippen molar-refractivity contribution in [2.75, 3.05) is 0 Å². The van der Waals surface area contributed by atoms with Crippen LogP contribution < -0.4 is 0 Å². The molecule has 1 aromatic carbocycles. The molecule has 0 radical (unpaired) electrons. The van der Waals surface area contributed by atoms with E-state index in [9.17, 15) is 4.79 Å². The van der Waals surface area contributed by atoms with Crippen LogP contribution in [0.1, 0.15) is 126 Å². The lowest BCUT2D eigenvalue weighted by Crippen LogP contribution is -2.02. The number of aryl methyl sites for hydroxylation is 1. The minimum Gasteiger partial charge on any atom is -0.481 e. The van der Waals surface area contributed by atoms with Gasteiger partial charge in [-0.1, -0.05) is 95.8 Å². The molecule has 0 aromatic heterocycles.